The fourth-order valence-corrected chi connectivity index (χ4v) is 5.16. The first-order valence-electron chi connectivity index (χ1n) is 13.0. The molecule has 0 bridgehead atoms. The third kappa shape index (κ3) is 5.38. The van der Waals surface area contributed by atoms with Gasteiger partial charge in [-0.15, -0.1) is 0 Å². The molecule has 1 N–H and O–H groups in total. The van der Waals surface area contributed by atoms with E-state index in [-0.39, 0.29) is 18.6 Å². The van der Waals surface area contributed by atoms with E-state index in [4.69, 9.17) is 19.3 Å². The molecule has 1 amide bonds. The molecular formula is C30H32N4O5. The molecule has 202 valence electrons. The van der Waals surface area contributed by atoms with Crippen LogP contribution in [-0.2, 0) is 14.3 Å². The standard InChI is InChI=1S/C30H32N4O5/c1-4-39-30(36)27-14-13-26(20-10-6-5-7-11-20)34(27)29(35)28(25-18-22-12-8-9-15-33(22)32-25)31-21-16-23(37-2)19-24(17-21)38-3/h5-12,15-19,26-28,31H,4,13-14H2,1-3H3. The van der Waals surface area contributed by atoms with Crippen LogP contribution < -0.4 is 14.8 Å². The Bertz CT molecular complexity index is 1400. The number of rotatable bonds is 9. The van der Waals surface area contributed by atoms with Crippen LogP contribution in [0.2, 0.25) is 0 Å². The number of nitrogens with zero attached hydrogens (tertiary/aromatic N) is 3. The number of hydrogen-bond acceptors (Lipinski definition) is 7. The number of nitrogens with one attached hydrogen (secondary N) is 1. The Morgan fingerprint density at radius 3 is 2.36 bits per heavy atom. The van der Waals surface area contributed by atoms with Crippen molar-refractivity contribution in [2.45, 2.75) is 37.9 Å². The number of hydrogen-bond donors (Lipinski definition) is 1. The van der Waals surface area contributed by atoms with E-state index in [1.807, 2.05) is 60.8 Å². The van der Waals surface area contributed by atoms with E-state index < -0.39 is 18.1 Å². The Morgan fingerprint density at radius 1 is 0.974 bits per heavy atom. The minimum absolute atomic E-state index is 0.241. The molecule has 1 aliphatic rings. The summed E-state index contributed by atoms with van der Waals surface area (Å²) in [5, 5.41) is 8.09. The maximum atomic E-state index is 14.6. The van der Waals surface area contributed by atoms with Crippen LogP contribution in [-0.4, -0.2) is 53.3 Å². The number of benzene rings is 2. The largest absolute Gasteiger partial charge is 0.497 e. The highest BCUT2D eigenvalue weighted by atomic mass is 16.5. The Balaban J connectivity index is 1.59. The molecule has 3 atom stereocenters. The molecule has 2 aromatic carbocycles. The SMILES string of the molecule is CCOC(=O)C1CCC(c2ccccc2)N1C(=O)C(Nc1cc(OC)cc(OC)c1)c1cc2ccccn2n1. The van der Waals surface area contributed by atoms with Crippen molar-refractivity contribution in [2.24, 2.45) is 0 Å². The van der Waals surface area contributed by atoms with E-state index in [0.29, 0.717) is 35.7 Å². The summed E-state index contributed by atoms with van der Waals surface area (Å²) in [7, 11) is 3.14. The highest BCUT2D eigenvalue weighted by Gasteiger charge is 2.45. The molecule has 1 saturated heterocycles. The van der Waals surface area contributed by atoms with Gasteiger partial charge in [-0.2, -0.15) is 5.10 Å². The van der Waals surface area contributed by atoms with Crippen LogP contribution >= 0.6 is 0 Å². The first-order chi connectivity index (χ1) is 19.0. The first kappa shape index (κ1) is 26.1. The maximum absolute atomic E-state index is 14.6. The number of likely N-dealkylation sites (tertiary alicyclic amines) is 1. The summed E-state index contributed by atoms with van der Waals surface area (Å²) >= 11 is 0. The topological polar surface area (TPSA) is 94.4 Å². The second kappa shape index (κ2) is 11.5. The molecule has 3 heterocycles. The minimum Gasteiger partial charge on any atom is -0.497 e. The van der Waals surface area contributed by atoms with Crippen molar-refractivity contribution in [3.8, 4) is 11.5 Å². The van der Waals surface area contributed by atoms with Crippen molar-refractivity contribution in [3.05, 3.63) is 90.3 Å². The lowest BCUT2D eigenvalue weighted by Gasteiger charge is -2.33. The highest BCUT2D eigenvalue weighted by molar-refractivity contribution is 5.91. The van der Waals surface area contributed by atoms with Gasteiger partial charge in [0, 0.05) is 30.1 Å². The van der Waals surface area contributed by atoms with Crippen molar-refractivity contribution < 1.29 is 23.8 Å². The smallest absolute Gasteiger partial charge is 0.328 e. The molecule has 5 rings (SSSR count). The molecule has 1 aliphatic heterocycles. The number of carbonyl (C=O) groups excluding carboxylic acids is 2. The van der Waals surface area contributed by atoms with Crippen LogP contribution in [0.15, 0.2) is 79.0 Å². The summed E-state index contributed by atoms with van der Waals surface area (Å²) in [5.41, 5.74) is 2.95. The molecule has 39 heavy (non-hydrogen) atoms. The zero-order chi connectivity index (χ0) is 27.4. The van der Waals surface area contributed by atoms with E-state index in [2.05, 4.69) is 5.32 Å². The van der Waals surface area contributed by atoms with E-state index >= 15 is 0 Å². The quantitative estimate of drug-likeness (QED) is 0.312. The van der Waals surface area contributed by atoms with Gasteiger partial charge in [-0.1, -0.05) is 36.4 Å². The lowest BCUT2D eigenvalue weighted by molar-refractivity contribution is -0.154. The normalized spacial score (nSPS) is 17.6. The van der Waals surface area contributed by atoms with Crippen molar-refractivity contribution in [1.82, 2.24) is 14.5 Å². The van der Waals surface area contributed by atoms with Gasteiger partial charge in [0.1, 0.15) is 17.5 Å². The van der Waals surface area contributed by atoms with Gasteiger partial charge in [0.05, 0.1) is 38.1 Å². The van der Waals surface area contributed by atoms with E-state index in [1.54, 1.807) is 48.8 Å². The molecule has 4 aromatic rings. The van der Waals surface area contributed by atoms with Crippen molar-refractivity contribution >= 4 is 23.1 Å². The van der Waals surface area contributed by atoms with Gasteiger partial charge in [-0.25, -0.2) is 9.31 Å². The maximum Gasteiger partial charge on any atom is 0.328 e. The molecule has 0 spiro atoms. The van der Waals surface area contributed by atoms with Gasteiger partial charge in [-0.3, -0.25) is 4.79 Å². The van der Waals surface area contributed by atoms with Crippen LogP contribution in [0.3, 0.4) is 0 Å². The number of fused-ring (bicyclic) bond motifs is 1. The number of pyridine rings is 1. The summed E-state index contributed by atoms with van der Waals surface area (Å²) in [4.78, 5) is 29.3. The molecule has 9 heteroatoms. The predicted octanol–water partition coefficient (Wildman–Crippen LogP) is 4.80. The zero-order valence-corrected chi connectivity index (χ0v) is 22.2. The molecule has 0 saturated carbocycles. The van der Waals surface area contributed by atoms with Gasteiger partial charge < -0.3 is 24.4 Å². The molecular weight excluding hydrogens is 496 g/mol. The number of methoxy groups -OCH3 is 2. The third-order valence-corrected chi connectivity index (χ3v) is 6.98. The van der Waals surface area contributed by atoms with Gasteiger partial charge in [0.25, 0.3) is 5.91 Å². The molecule has 0 aliphatic carbocycles. The minimum atomic E-state index is -0.900. The first-order valence-corrected chi connectivity index (χ1v) is 13.0. The second-order valence-corrected chi connectivity index (χ2v) is 9.34. The number of ether oxygens (including phenoxy) is 3. The predicted molar refractivity (Wildman–Crippen MR) is 147 cm³/mol. The molecule has 0 radical (unpaired) electrons. The molecule has 1 fully saturated rings. The van der Waals surface area contributed by atoms with Crippen molar-refractivity contribution in [1.29, 1.82) is 0 Å². The zero-order valence-electron chi connectivity index (χ0n) is 22.2. The molecule has 3 unspecified atom stereocenters. The van der Waals surface area contributed by atoms with Gasteiger partial charge in [0.2, 0.25) is 0 Å². The third-order valence-electron chi connectivity index (χ3n) is 6.98. The van der Waals surface area contributed by atoms with Crippen LogP contribution in [0.25, 0.3) is 5.52 Å². The number of esters is 1. The van der Waals surface area contributed by atoms with Gasteiger partial charge in [0.15, 0.2) is 6.04 Å². The summed E-state index contributed by atoms with van der Waals surface area (Å²) in [6.07, 6.45) is 2.98. The number of anilines is 1. The Labute approximate surface area is 227 Å². The molecule has 9 nitrogen and oxygen atoms in total. The fourth-order valence-electron chi connectivity index (χ4n) is 5.16. The second-order valence-electron chi connectivity index (χ2n) is 9.34. The Morgan fingerprint density at radius 2 is 1.69 bits per heavy atom. The Kier molecular flexibility index (Phi) is 7.67. The lowest BCUT2D eigenvalue weighted by Crippen LogP contribution is -2.46. The summed E-state index contributed by atoms with van der Waals surface area (Å²) in [5.74, 6) is 0.474. The van der Waals surface area contributed by atoms with Gasteiger partial charge >= 0.3 is 5.97 Å². The summed E-state index contributed by atoms with van der Waals surface area (Å²) < 4.78 is 18.0. The van der Waals surface area contributed by atoms with E-state index in [1.165, 1.54) is 0 Å². The van der Waals surface area contributed by atoms with Gasteiger partial charge in [-0.05, 0) is 43.5 Å². The van der Waals surface area contributed by atoms with Crippen LogP contribution in [0, 0.1) is 0 Å². The Hall–Kier alpha value is -4.53. The summed E-state index contributed by atoms with van der Waals surface area (Å²) in [6.45, 7) is 2.01. The lowest BCUT2D eigenvalue weighted by atomic mass is 10.0. The highest BCUT2D eigenvalue weighted by Crippen LogP contribution is 2.40. The number of aromatic nitrogens is 2. The van der Waals surface area contributed by atoms with Crippen LogP contribution in [0.5, 0.6) is 11.5 Å². The van der Waals surface area contributed by atoms with E-state index in [9.17, 15) is 9.59 Å². The van der Waals surface area contributed by atoms with Crippen LogP contribution in [0.1, 0.15) is 43.1 Å². The summed E-state index contributed by atoms with van der Waals surface area (Å²) in [6, 6.07) is 20.8. The average molecular weight is 529 g/mol. The number of amides is 1. The fraction of sp³-hybridized carbons (Fsp3) is 0.300. The van der Waals surface area contributed by atoms with Crippen molar-refractivity contribution in [2.75, 3.05) is 26.1 Å². The average Bonchev–Trinajstić information content (AvgIpc) is 3.61. The van der Waals surface area contributed by atoms with Crippen molar-refractivity contribution in [3.63, 3.8) is 0 Å². The number of carbonyl (C=O) groups is 2. The van der Waals surface area contributed by atoms with E-state index in [0.717, 1.165) is 11.1 Å². The molecule has 2 aromatic heterocycles. The van der Waals surface area contributed by atoms with Crippen LogP contribution in [0.4, 0.5) is 5.69 Å². The monoisotopic (exact) mass is 528 g/mol.